The van der Waals surface area contributed by atoms with Gasteiger partial charge in [-0.3, -0.25) is 9.59 Å². The van der Waals surface area contributed by atoms with Gasteiger partial charge in [0.05, 0.1) is 28.5 Å². The first-order chi connectivity index (χ1) is 15.9. The van der Waals surface area contributed by atoms with Gasteiger partial charge in [0.2, 0.25) is 5.91 Å². The summed E-state index contributed by atoms with van der Waals surface area (Å²) in [4.78, 5) is 40.2. The Bertz CT molecular complexity index is 1350. The van der Waals surface area contributed by atoms with E-state index in [0.29, 0.717) is 6.42 Å². The smallest absolute Gasteiger partial charge is 0.337 e. The maximum atomic E-state index is 12.9. The van der Waals surface area contributed by atoms with Crippen LogP contribution < -0.4 is 16.4 Å². The van der Waals surface area contributed by atoms with E-state index in [1.807, 2.05) is 30.5 Å². The quantitative estimate of drug-likeness (QED) is 0.298. The Morgan fingerprint density at radius 1 is 0.848 bits per heavy atom. The molecule has 0 aliphatic carbocycles. The maximum absolute atomic E-state index is 12.9. The number of nitrogens with one attached hydrogen (secondary N) is 3. The van der Waals surface area contributed by atoms with Gasteiger partial charge in [0.15, 0.2) is 0 Å². The van der Waals surface area contributed by atoms with Crippen molar-refractivity contribution in [2.75, 3.05) is 10.6 Å². The number of para-hydroxylation sites is 3. The number of nitrogens with two attached hydrogens (primary N) is 1. The lowest BCUT2D eigenvalue weighted by atomic mass is 10.0. The van der Waals surface area contributed by atoms with E-state index in [0.717, 1.165) is 16.5 Å². The number of carboxylic acid groups (broad SMARTS) is 1. The Morgan fingerprint density at radius 3 is 2.18 bits per heavy atom. The van der Waals surface area contributed by atoms with Crippen molar-refractivity contribution in [1.82, 2.24) is 4.98 Å². The lowest BCUT2D eigenvalue weighted by molar-refractivity contribution is -0.117. The van der Waals surface area contributed by atoms with E-state index in [-0.39, 0.29) is 22.5 Å². The number of aromatic nitrogens is 1. The molecule has 4 rings (SSSR count). The number of carbonyl (C=O) groups is 3. The van der Waals surface area contributed by atoms with Crippen LogP contribution in [0.4, 0.5) is 11.4 Å². The van der Waals surface area contributed by atoms with Crippen LogP contribution >= 0.6 is 0 Å². The van der Waals surface area contributed by atoms with Crippen molar-refractivity contribution in [2.45, 2.75) is 12.5 Å². The zero-order valence-electron chi connectivity index (χ0n) is 17.5. The molecule has 1 atom stereocenters. The second kappa shape index (κ2) is 9.37. The summed E-state index contributed by atoms with van der Waals surface area (Å²) in [5.41, 5.74) is 8.63. The van der Waals surface area contributed by atoms with E-state index in [9.17, 15) is 19.5 Å². The number of carboxylic acids is 1. The molecule has 8 heteroatoms. The molecule has 0 aliphatic heterocycles. The molecule has 0 fully saturated rings. The van der Waals surface area contributed by atoms with Gasteiger partial charge in [0.25, 0.3) is 5.91 Å². The van der Waals surface area contributed by atoms with Crippen molar-refractivity contribution in [2.24, 2.45) is 5.73 Å². The molecule has 1 heterocycles. The average Bonchev–Trinajstić information content (AvgIpc) is 3.22. The zero-order valence-corrected chi connectivity index (χ0v) is 17.5. The van der Waals surface area contributed by atoms with E-state index in [1.54, 1.807) is 36.4 Å². The van der Waals surface area contributed by atoms with Crippen LogP contribution in [0.25, 0.3) is 10.9 Å². The molecule has 4 aromatic rings. The largest absolute Gasteiger partial charge is 0.478 e. The molecule has 2 amide bonds. The standard InChI is InChI=1S/C25H22N4O4/c26-19(13-15-14-27-20-10-4-1-7-16(15)20)24(31)29-21-11-5-2-8-17(21)23(30)28-22-12-6-3-9-18(22)25(32)33/h1-12,14,19,27H,13,26H2,(H,28,30)(H,29,31)(H,32,33)/t19-/m0/s1. The number of rotatable bonds is 7. The number of anilines is 2. The highest BCUT2D eigenvalue weighted by atomic mass is 16.4. The highest BCUT2D eigenvalue weighted by Gasteiger charge is 2.20. The molecule has 0 aliphatic rings. The number of benzene rings is 3. The average molecular weight is 442 g/mol. The minimum Gasteiger partial charge on any atom is -0.478 e. The summed E-state index contributed by atoms with van der Waals surface area (Å²) >= 11 is 0. The first kappa shape index (κ1) is 21.8. The summed E-state index contributed by atoms with van der Waals surface area (Å²) in [7, 11) is 0. The van der Waals surface area contributed by atoms with Crippen molar-refractivity contribution >= 4 is 40.1 Å². The van der Waals surface area contributed by atoms with Crippen molar-refractivity contribution in [3.8, 4) is 0 Å². The summed E-state index contributed by atoms with van der Waals surface area (Å²) in [6.07, 6.45) is 2.15. The van der Waals surface area contributed by atoms with Gasteiger partial charge in [-0.2, -0.15) is 0 Å². The molecule has 3 aromatic carbocycles. The lowest BCUT2D eigenvalue weighted by Gasteiger charge is -2.15. The number of H-pyrrole nitrogens is 1. The number of hydrogen-bond donors (Lipinski definition) is 5. The number of fused-ring (bicyclic) bond motifs is 1. The Hall–Kier alpha value is -4.43. The second-order valence-corrected chi connectivity index (χ2v) is 7.51. The molecule has 6 N–H and O–H groups in total. The molecule has 8 nitrogen and oxygen atoms in total. The topological polar surface area (TPSA) is 137 Å². The predicted octanol–water partition coefficient (Wildman–Crippen LogP) is 3.63. The fraction of sp³-hybridized carbons (Fsp3) is 0.0800. The van der Waals surface area contributed by atoms with Crippen LogP contribution in [-0.4, -0.2) is 33.9 Å². The summed E-state index contributed by atoms with van der Waals surface area (Å²) in [6, 6.07) is 19.5. The number of amides is 2. The minimum atomic E-state index is -1.16. The summed E-state index contributed by atoms with van der Waals surface area (Å²) in [5.74, 6) is -2.15. The van der Waals surface area contributed by atoms with Gasteiger partial charge in [-0.25, -0.2) is 4.79 Å². The SMILES string of the molecule is N[C@@H](Cc1c[nH]c2ccccc12)C(=O)Nc1ccccc1C(=O)Nc1ccccc1C(=O)O. The molecular weight excluding hydrogens is 420 g/mol. The third kappa shape index (κ3) is 4.76. The first-order valence-electron chi connectivity index (χ1n) is 10.3. The number of aromatic amines is 1. The zero-order chi connectivity index (χ0) is 23.4. The Morgan fingerprint density at radius 2 is 1.45 bits per heavy atom. The number of hydrogen-bond acceptors (Lipinski definition) is 4. The molecule has 0 radical (unpaired) electrons. The normalized spacial score (nSPS) is 11.7. The molecule has 0 spiro atoms. The van der Waals surface area contributed by atoms with E-state index in [1.165, 1.54) is 12.1 Å². The maximum Gasteiger partial charge on any atom is 0.337 e. The molecule has 0 unspecified atom stereocenters. The van der Waals surface area contributed by atoms with E-state index in [2.05, 4.69) is 15.6 Å². The number of aromatic carboxylic acids is 1. The van der Waals surface area contributed by atoms with E-state index in [4.69, 9.17) is 5.73 Å². The molecule has 166 valence electrons. The Balaban J connectivity index is 1.49. The van der Waals surface area contributed by atoms with Crippen molar-refractivity contribution in [1.29, 1.82) is 0 Å². The third-order valence-electron chi connectivity index (χ3n) is 5.29. The second-order valence-electron chi connectivity index (χ2n) is 7.51. The Labute approximate surface area is 189 Å². The van der Waals surface area contributed by atoms with Gasteiger partial charge in [-0.1, -0.05) is 42.5 Å². The van der Waals surface area contributed by atoms with Crippen LogP contribution in [0.1, 0.15) is 26.3 Å². The van der Waals surface area contributed by atoms with Gasteiger partial charge in [0, 0.05) is 17.1 Å². The van der Waals surface area contributed by atoms with Crippen LogP contribution in [0.5, 0.6) is 0 Å². The Kier molecular flexibility index (Phi) is 6.19. The highest BCUT2D eigenvalue weighted by molar-refractivity contribution is 6.12. The fourth-order valence-electron chi connectivity index (χ4n) is 3.61. The lowest BCUT2D eigenvalue weighted by Crippen LogP contribution is -2.37. The summed E-state index contributed by atoms with van der Waals surface area (Å²) < 4.78 is 0. The molecule has 1 aromatic heterocycles. The third-order valence-corrected chi connectivity index (χ3v) is 5.29. The van der Waals surface area contributed by atoms with Crippen LogP contribution in [0, 0.1) is 0 Å². The molecule has 0 saturated heterocycles. The van der Waals surface area contributed by atoms with Crippen LogP contribution in [0.2, 0.25) is 0 Å². The van der Waals surface area contributed by atoms with Crippen molar-refractivity contribution < 1.29 is 19.5 Å². The fourth-order valence-corrected chi connectivity index (χ4v) is 3.61. The van der Waals surface area contributed by atoms with E-state index >= 15 is 0 Å². The molecule has 33 heavy (non-hydrogen) atoms. The first-order valence-corrected chi connectivity index (χ1v) is 10.3. The van der Waals surface area contributed by atoms with Gasteiger partial charge in [-0.05, 0) is 42.3 Å². The van der Waals surface area contributed by atoms with Crippen molar-refractivity contribution in [3.63, 3.8) is 0 Å². The van der Waals surface area contributed by atoms with Gasteiger partial charge in [-0.15, -0.1) is 0 Å². The monoisotopic (exact) mass is 442 g/mol. The molecule has 0 saturated carbocycles. The van der Waals surface area contributed by atoms with Crippen LogP contribution in [0.3, 0.4) is 0 Å². The predicted molar refractivity (Wildman–Crippen MR) is 126 cm³/mol. The summed E-state index contributed by atoms with van der Waals surface area (Å²) in [6.45, 7) is 0. The van der Waals surface area contributed by atoms with Crippen LogP contribution in [0.15, 0.2) is 79.0 Å². The van der Waals surface area contributed by atoms with Crippen molar-refractivity contribution in [3.05, 3.63) is 95.7 Å². The van der Waals surface area contributed by atoms with E-state index < -0.39 is 23.8 Å². The number of carbonyl (C=O) groups excluding carboxylic acids is 2. The molecule has 0 bridgehead atoms. The van der Waals surface area contributed by atoms with Crippen LogP contribution in [-0.2, 0) is 11.2 Å². The molecular formula is C25H22N4O4. The van der Waals surface area contributed by atoms with Gasteiger partial charge >= 0.3 is 5.97 Å². The highest BCUT2D eigenvalue weighted by Crippen LogP contribution is 2.22. The summed E-state index contributed by atoms with van der Waals surface area (Å²) in [5, 5.41) is 15.7. The van der Waals surface area contributed by atoms with Gasteiger partial charge in [0.1, 0.15) is 0 Å². The minimum absolute atomic E-state index is 0.0341. The van der Waals surface area contributed by atoms with Gasteiger partial charge < -0.3 is 26.5 Å².